The number of hydrogen-bond acceptors (Lipinski definition) is 6. The zero-order chi connectivity index (χ0) is 19.1. The Balaban J connectivity index is 1.98. The largest absolute Gasteiger partial charge is 0.465 e. The number of aliphatic imine (C=N–C) groups is 1. The number of nitrogens with zero attached hydrogens (tertiary/aromatic N) is 3. The normalized spacial score (nSPS) is 17.0. The molecule has 0 aromatic heterocycles. The van der Waals surface area contributed by atoms with Crippen LogP contribution in [-0.4, -0.2) is 57.9 Å². The molecule has 1 atom stereocenters. The quantitative estimate of drug-likeness (QED) is 0.310. The van der Waals surface area contributed by atoms with Crippen molar-refractivity contribution in [1.82, 2.24) is 10.2 Å². The Morgan fingerprint density at radius 1 is 1.38 bits per heavy atom. The van der Waals surface area contributed by atoms with Crippen molar-refractivity contribution in [3.05, 3.63) is 39.9 Å². The van der Waals surface area contributed by atoms with Crippen molar-refractivity contribution in [3.63, 3.8) is 0 Å². The van der Waals surface area contributed by atoms with Gasteiger partial charge in [-0.25, -0.2) is 9.59 Å². The fraction of sp³-hybridized carbons (Fsp3) is 0.400. The highest BCUT2D eigenvalue weighted by Crippen LogP contribution is 2.16. The Bertz CT molecular complexity index is 704. The third-order valence-corrected chi connectivity index (χ3v) is 3.77. The minimum absolute atomic E-state index is 0.0214. The zero-order valence-corrected chi connectivity index (χ0v) is 13.7. The SMILES string of the molecule is O=C(O)NC(=NC(=O)OCc1ccc([N+](=O)[O-])cc1)N1CCC(CO)C1. The van der Waals surface area contributed by atoms with E-state index in [0.717, 1.165) is 0 Å². The monoisotopic (exact) mass is 366 g/mol. The van der Waals surface area contributed by atoms with Crippen LogP contribution in [0.2, 0.25) is 0 Å². The van der Waals surface area contributed by atoms with Crippen LogP contribution >= 0.6 is 0 Å². The minimum atomic E-state index is -1.38. The summed E-state index contributed by atoms with van der Waals surface area (Å²) in [5.74, 6) is -0.186. The van der Waals surface area contributed by atoms with Crippen molar-refractivity contribution in [2.24, 2.45) is 10.9 Å². The first-order valence-electron chi connectivity index (χ1n) is 7.73. The predicted octanol–water partition coefficient (Wildman–Crippen LogP) is 1.17. The fourth-order valence-electron chi connectivity index (χ4n) is 2.43. The molecule has 0 bridgehead atoms. The van der Waals surface area contributed by atoms with E-state index >= 15 is 0 Å². The number of benzene rings is 1. The summed E-state index contributed by atoms with van der Waals surface area (Å²) in [4.78, 5) is 38.0. The average Bonchev–Trinajstić information content (AvgIpc) is 3.08. The molecule has 2 rings (SSSR count). The molecule has 11 heteroatoms. The highest BCUT2D eigenvalue weighted by atomic mass is 16.6. The topological polar surface area (TPSA) is 155 Å². The molecule has 140 valence electrons. The van der Waals surface area contributed by atoms with Gasteiger partial charge in [0.25, 0.3) is 5.69 Å². The van der Waals surface area contributed by atoms with E-state index in [1.807, 2.05) is 0 Å². The van der Waals surface area contributed by atoms with Crippen LogP contribution in [0, 0.1) is 16.0 Å². The summed E-state index contributed by atoms with van der Waals surface area (Å²) in [5, 5.41) is 30.7. The van der Waals surface area contributed by atoms with Crippen molar-refractivity contribution in [3.8, 4) is 0 Å². The third-order valence-electron chi connectivity index (χ3n) is 3.77. The highest BCUT2D eigenvalue weighted by Gasteiger charge is 2.26. The maximum absolute atomic E-state index is 11.9. The van der Waals surface area contributed by atoms with Gasteiger partial charge in [0.2, 0.25) is 5.96 Å². The number of carboxylic acid groups (broad SMARTS) is 1. The Labute approximate surface area is 148 Å². The summed E-state index contributed by atoms with van der Waals surface area (Å²) in [6, 6.07) is 5.45. The number of likely N-dealkylation sites (tertiary alicyclic amines) is 1. The van der Waals surface area contributed by atoms with Crippen molar-refractivity contribution >= 4 is 23.8 Å². The zero-order valence-electron chi connectivity index (χ0n) is 13.7. The maximum Gasteiger partial charge on any atom is 0.437 e. The van der Waals surface area contributed by atoms with Crippen molar-refractivity contribution in [2.45, 2.75) is 13.0 Å². The molecule has 11 nitrogen and oxygen atoms in total. The van der Waals surface area contributed by atoms with Crippen LogP contribution in [0.25, 0.3) is 0 Å². The second kappa shape index (κ2) is 8.76. The van der Waals surface area contributed by atoms with E-state index in [0.29, 0.717) is 25.1 Å². The molecule has 1 fully saturated rings. The van der Waals surface area contributed by atoms with Crippen LogP contribution in [0.5, 0.6) is 0 Å². The molecule has 1 aliphatic rings. The Kier molecular flexibility index (Phi) is 6.44. The molecule has 26 heavy (non-hydrogen) atoms. The van der Waals surface area contributed by atoms with E-state index in [2.05, 4.69) is 10.3 Å². The van der Waals surface area contributed by atoms with Crippen LogP contribution in [-0.2, 0) is 11.3 Å². The van der Waals surface area contributed by atoms with Gasteiger partial charge in [-0.2, -0.15) is 0 Å². The fourth-order valence-corrected chi connectivity index (χ4v) is 2.43. The van der Waals surface area contributed by atoms with Crippen molar-refractivity contribution in [1.29, 1.82) is 0 Å². The Hall–Kier alpha value is -3.21. The van der Waals surface area contributed by atoms with Crippen LogP contribution in [0.3, 0.4) is 0 Å². The summed E-state index contributed by atoms with van der Waals surface area (Å²) < 4.78 is 4.95. The number of amides is 2. The minimum Gasteiger partial charge on any atom is -0.465 e. The van der Waals surface area contributed by atoms with Crippen LogP contribution in [0.4, 0.5) is 15.3 Å². The number of carbonyl (C=O) groups is 2. The van der Waals surface area contributed by atoms with Gasteiger partial charge in [-0.15, -0.1) is 4.99 Å². The molecule has 1 heterocycles. The number of guanidine groups is 1. The van der Waals surface area contributed by atoms with Gasteiger partial charge < -0.3 is 19.8 Å². The lowest BCUT2D eigenvalue weighted by Crippen LogP contribution is -2.43. The van der Waals surface area contributed by atoms with E-state index in [1.54, 1.807) is 4.90 Å². The summed E-state index contributed by atoms with van der Waals surface area (Å²) >= 11 is 0. The Morgan fingerprint density at radius 3 is 2.62 bits per heavy atom. The van der Waals surface area contributed by atoms with Crippen LogP contribution in [0.1, 0.15) is 12.0 Å². The third kappa shape index (κ3) is 5.41. The first-order chi connectivity index (χ1) is 12.4. The predicted molar refractivity (Wildman–Crippen MR) is 88.6 cm³/mol. The average molecular weight is 366 g/mol. The molecule has 0 aliphatic carbocycles. The number of nitro benzene ring substituents is 1. The number of nitro groups is 1. The van der Waals surface area contributed by atoms with Gasteiger partial charge in [0.05, 0.1) is 4.92 Å². The second-order valence-electron chi connectivity index (χ2n) is 5.63. The number of aliphatic hydroxyl groups is 1. The lowest BCUT2D eigenvalue weighted by atomic mass is 10.1. The van der Waals surface area contributed by atoms with Crippen molar-refractivity contribution in [2.75, 3.05) is 19.7 Å². The first-order valence-corrected chi connectivity index (χ1v) is 7.73. The van der Waals surface area contributed by atoms with Crippen LogP contribution < -0.4 is 5.32 Å². The van der Waals surface area contributed by atoms with E-state index < -0.39 is 17.1 Å². The van der Waals surface area contributed by atoms with Gasteiger partial charge >= 0.3 is 12.2 Å². The van der Waals surface area contributed by atoms with Gasteiger partial charge in [0, 0.05) is 37.7 Å². The first kappa shape index (κ1) is 19.1. The Morgan fingerprint density at radius 2 is 2.08 bits per heavy atom. The molecule has 0 radical (unpaired) electrons. The van der Waals surface area contributed by atoms with Gasteiger partial charge in [-0.1, -0.05) is 0 Å². The van der Waals surface area contributed by atoms with Crippen molar-refractivity contribution < 1.29 is 29.5 Å². The number of aliphatic hydroxyl groups excluding tert-OH is 1. The molecule has 3 N–H and O–H groups in total. The molecule has 1 aromatic carbocycles. The summed E-state index contributed by atoms with van der Waals surface area (Å²) in [6.45, 7) is 0.604. The van der Waals surface area contributed by atoms with Gasteiger partial charge in [-0.3, -0.25) is 15.4 Å². The number of hydrogen-bond donors (Lipinski definition) is 3. The second-order valence-corrected chi connectivity index (χ2v) is 5.63. The number of nitrogens with one attached hydrogen (secondary N) is 1. The molecule has 1 unspecified atom stereocenters. The molecule has 2 amide bonds. The van der Waals surface area contributed by atoms with E-state index in [-0.39, 0.29) is 30.8 Å². The van der Waals surface area contributed by atoms with Crippen LogP contribution in [0.15, 0.2) is 29.3 Å². The molecular formula is C15H18N4O7. The summed E-state index contributed by atoms with van der Waals surface area (Å²) in [6.07, 6.45) is -1.73. The van der Waals surface area contributed by atoms with Gasteiger partial charge in [0.15, 0.2) is 0 Å². The lowest BCUT2D eigenvalue weighted by Gasteiger charge is -2.19. The van der Waals surface area contributed by atoms with Gasteiger partial charge in [0.1, 0.15) is 6.61 Å². The van der Waals surface area contributed by atoms with Gasteiger partial charge in [-0.05, 0) is 24.1 Å². The maximum atomic E-state index is 11.9. The number of carbonyl (C=O) groups excluding carboxylic acids is 1. The summed E-state index contributed by atoms with van der Waals surface area (Å²) in [5.41, 5.74) is 0.437. The number of ether oxygens (including phenoxy) is 1. The lowest BCUT2D eigenvalue weighted by molar-refractivity contribution is -0.384. The molecule has 1 saturated heterocycles. The molecule has 1 aliphatic heterocycles. The molecule has 0 spiro atoms. The molecule has 1 aromatic rings. The summed E-state index contributed by atoms with van der Waals surface area (Å²) in [7, 11) is 0. The number of non-ortho nitro benzene ring substituents is 1. The molecular weight excluding hydrogens is 348 g/mol. The highest BCUT2D eigenvalue weighted by molar-refractivity contribution is 5.98. The van der Waals surface area contributed by atoms with E-state index in [4.69, 9.17) is 14.9 Å². The molecule has 0 saturated carbocycles. The van der Waals surface area contributed by atoms with E-state index in [1.165, 1.54) is 24.3 Å². The smallest absolute Gasteiger partial charge is 0.437 e. The van der Waals surface area contributed by atoms with E-state index in [9.17, 15) is 19.7 Å². The number of rotatable bonds is 4. The standard InChI is InChI=1S/C15H18N4O7/c20-8-11-5-6-18(7-11)13(16-14(21)22)17-15(23)26-9-10-1-3-12(4-2-10)19(24)25/h1-4,11,20H,5-9H2,(H,21,22)(H,16,17,23).